The molecule has 0 radical (unpaired) electrons. The molecule has 0 bridgehead atoms. The van der Waals surface area contributed by atoms with Crippen LogP contribution in [0.15, 0.2) is 78.6 Å². The summed E-state index contributed by atoms with van der Waals surface area (Å²) >= 11 is 1.44. The molecule has 164 valence electrons. The highest BCUT2D eigenvalue weighted by Gasteiger charge is 2.16. The number of ketones is 1. The Morgan fingerprint density at radius 3 is 2.33 bits per heavy atom. The largest absolute Gasteiger partial charge is 0.457 e. The van der Waals surface area contributed by atoms with E-state index in [1.807, 2.05) is 53.9 Å². The van der Waals surface area contributed by atoms with E-state index in [1.165, 1.54) is 17.7 Å². The van der Waals surface area contributed by atoms with Crippen LogP contribution >= 0.6 is 11.3 Å². The summed E-state index contributed by atoms with van der Waals surface area (Å²) in [5.41, 5.74) is 9.65. The zero-order valence-corrected chi connectivity index (χ0v) is 19.0. The molecule has 3 heterocycles. The molecular weight excluding hydrogens is 432 g/mol. The number of aromatic nitrogens is 3. The van der Waals surface area contributed by atoms with Gasteiger partial charge < -0.3 is 15.0 Å². The lowest BCUT2D eigenvalue weighted by Crippen LogP contribution is -2.00. The van der Waals surface area contributed by atoms with Crippen molar-refractivity contribution in [3.63, 3.8) is 0 Å². The first-order chi connectivity index (χ1) is 16.0. The van der Waals surface area contributed by atoms with Gasteiger partial charge in [0.15, 0.2) is 0 Å². The molecule has 0 aliphatic heterocycles. The number of anilines is 1. The van der Waals surface area contributed by atoms with E-state index in [0.29, 0.717) is 22.9 Å². The normalized spacial score (nSPS) is 11.2. The van der Waals surface area contributed by atoms with E-state index >= 15 is 0 Å². The van der Waals surface area contributed by atoms with Crippen LogP contribution in [0, 0.1) is 0 Å². The van der Waals surface area contributed by atoms with Crippen molar-refractivity contribution in [2.75, 3.05) is 5.73 Å². The lowest BCUT2D eigenvalue weighted by molar-refractivity contribution is 0.104. The molecule has 5 aromatic rings. The van der Waals surface area contributed by atoms with E-state index in [1.54, 1.807) is 12.1 Å². The molecule has 2 N–H and O–H groups in total. The third-order valence-corrected chi connectivity index (χ3v) is 6.33. The van der Waals surface area contributed by atoms with E-state index < -0.39 is 0 Å². The van der Waals surface area contributed by atoms with Crippen molar-refractivity contribution in [2.45, 2.75) is 19.9 Å². The van der Waals surface area contributed by atoms with E-state index in [-0.39, 0.29) is 11.8 Å². The number of carbonyl (C=O) groups excluding carboxylic acids is 1. The lowest BCUT2D eigenvalue weighted by atomic mass is 10.1. The highest BCUT2D eigenvalue weighted by molar-refractivity contribution is 7.12. The quantitative estimate of drug-likeness (QED) is 0.302. The van der Waals surface area contributed by atoms with Crippen LogP contribution in [0.5, 0.6) is 11.5 Å². The zero-order valence-electron chi connectivity index (χ0n) is 18.2. The molecule has 3 aromatic heterocycles. The van der Waals surface area contributed by atoms with Gasteiger partial charge >= 0.3 is 0 Å². The number of fused-ring (bicyclic) bond motifs is 1. The van der Waals surface area contributed by atoms with Crippen LogP contribution in [0.25, 0.3) is 22.2 Å². The summed E-state index contributed by atoms with van der Waals surface area (Å²) in [6, 6.07) is 19.0. The fourth-order valence-electron chi connectivity index (χ4n) is 3.78. The van der Waals surface area contributed by atoms with E-state index in [2.05, 4.69) is 34.6 Å². The monoisotopic (exact) mass is 454 g/mol. The van der Waals surface area contributed by atoms with Gasteiger partial charge in [-0.2, -0.15) is 0 Å². The van der Waals surface area contributed by atoms with Crippen LogP contribution in [0.3, 0.4) is 0 Å². The number of rotatable bonds is 6. The number of carbonyl (C=O) groups is 1. The van der Waals surface area contributed by atoms with E-state index in [9.17, 15) is 4.79 Å². The third-order valence-electron chi connectivity index (χ3n) is 5.46. The average Bonchev–Trinajstić information content (AvgIpc) is 3.49. The van der Waals surface area contributed by atoms with Gasteiger partial charge in [-0.05, 0) is 67.3 Å². The number of hydrogen-bond donors (Lipinski definition) is 1. The zero-order chi connectivity index (χ0) is 22.9. The molecule has 5 rings (SSSR count). The fraction of sp³-hybridized carbons (Fsp3) is 0.115. The predicted molar refractivity (Wildman–Crippen MR) is 132 cm³/mol. The molecule has 0 saturated carbocycles. The molecule has 0 spiro atoms. The van der Waals surface area contributed by atoms with Crippen molar-refractivity contribution in [2.24, 2.45) is 0 Å². The summed E-state index contributed by atoms with van der Waals surface area (Å²) < 4.78 is 8.09. The Morgan fingerprint density at radius 2 is 1.70 bits per heavy atom. The maximum absolute atomic E-state index is 12.5. The van der Waals surface area contributed by atoms with Crippen LogP contribution in [0.1, 0.15) is 35.1 Å². The molecule has 0 aliphatic rings. The van der Waals surface area contributed by atoms with Crippen molar-refractivity contribution in [3.05, 3.63) is 89.0 Å². The minimum absolute atomic E-state index is 0.0183. The van der Waals surface area contributed by atoms with Gasteiger partial charge in [0.1, 0.15) is 29.3 Å². The van der Waals surface area contributed by atoms with Gasteiger partial charge in [0.2, 0.25) is 5.78 Å². The Labute approximate surface area is 195 Å². The van der Waals surface area contributed by atoms with Crippen LogP contribution in [0.2, 0.25) is 0 Å². The first-order valence-electron chi connectivity index (χ1n) is 10.6. The Balaban J connectivity index is 1.38. The molecule has 2 aromatic carbocycles. The second-order valence-corrected chi connectivity index (χ2v) is 8.91. The number of ether oxygens (including phenoxy) is 1. The number of hydrogen-bond acceptors (Lipinski definition) is 6. The van der Waals surface area contributed by atoms with Gasteiger partial charge in [0.25, 0.3) is 0 Å². The van der Waals surface area contributed by atoms with Crippen molar-refractivity contribution >= 4 is 34.0 Å². The molecular formula is C26H22N4O2S. The van der Waals surface area contributed by atoms with Crippen molar-refractivity contribution in [1.29, 1.82) is 0 Å². The van der Waals surface area contributed by atoms with Gasteiger partial charge in [-0.1, -0.05) is 18.2 Å². The minimum Gasteiger partial charge on any atom is -0.457 e. The summed E-state index contributed by atoms with van der Waals surface area (Å²) in [5.74, 6) is 1.85. The topological polar surface area (TPSA) is 83.0 Å². The van der Waals surface area contributed by atoms with Crippen molar-refractivity contribution in [1.82, 2.24) is 14.5 Å². The predicted octanol–water partition coefficient (Wildman–Crippen LogP) is 6.35. The summed E-state index contributed by atoms with van der Waals surface area (Å²) in [6.45, 7) is 4.22. The Kier molecular flexibility index (Phi) is 5.40. The Hall–Kier alpha value is -3.97. The Morgan fingerprint density at radius 1 is 1.00 bits per heavy atom. The molecule has 0 atom stereocenters. The van der Waals surface area contributed by atoms with Crippen molar-refractivity contribution in [3.8, 4) is 22.6 Å². The number of benzene rings is 2. The van der Waals surface area contributed by atoms with Gasteiger partial charge in [-0.15, -0.1) is 11.3 Å². The molecule has 6 nitrogen and oxygen atoms in total. The van der Waals surface area contributed by atoms with Gasteiger partial charge in [0.05, 0.1) is 10.3 Å². The molecule has 0 aliphatic carbocycles. The highest BCUT2D eigenvalue weighted by atomic mass is 32.1. The maximum Gasteiger partial charge on any atom is 0.202 e. The highest BCUT2D eigenvalue weighted by Crippen LogP contribution is 2.35. The molecule has 0 amide bonds. The lowest BCUT2D eigenvalue weighted by Gasteiger charge is -2.08. The van der Waals surface area contributed by atoms with Gasteiger partial charge in [0, 0.05) is 23.4 Å². The summed E-state index contributed by atoms with van der Waals surface area (Å²) in [6.07, 6.45) is 3.57. The molecule has 33 heavy (non-hydrogen) atoms. The van der Waals surface area contributed by atoms with E-state index in [4.69, 9.17) is 10.5 Å². The SMILES string of the molecule is CC(C)n1cc(-c2ccc(Oc3ccc(C(=O)c4cccs4)cc3)cc2)c2c(N)ncnc21. The number of nitrogens with two attached hydrogens (primary N) is 1. The van der Waals surface area contributed by atoms with E-state index in [0.717, 1.165) is 27.0 Å². The number of nitrogen functional groups attached to an aromatic ring is 1. The Bertz CT molecular complexity index is 1420. The fourth-order valence-corrected chi connectivity index (χ4v) is 4.47. The average molecular weight is 455 g/mol. The minimum atomic E-state index is 0.0183. The van der Waals surface area contributed by atoms with Crippen LogP contribution in [-0.2, 0) is 0 Å². The summed E-state index contributed by atoms with van der Waals surface area (Å²) in [5, 5.41) is 2.75. The molecule has 7 heteroatoms. The molecule has 0 fully saturated rings. The second kappa shape index (κ2) is 8.52. The standard InChI is InChI=1S/C26H22N4O2S/c1-16(2)30-14-21(23-25(27)28-15-29-26(23)30)17-5-9-19(10-6-17)32-20-11-7-18(8-12-20)24(31)22-4-3-13-33-22/h3-16H,1-2H3,(H2,27,28,29). The van der Waals surface area contributed by atoms with Gasteiger partial charge in [-0.25, -0.2) is 9.97 Å². The van der Waals surface area contributed by atoms with Crippen LogP contribution in [0.4, 0.5) is 5.82 Å². The smallest absolute Gasteiger partial charge is 0.202 e. The third kappa shape index (κ3) is 3.99. The second-order valence-electron chi connectivity index (χ2n) is 7.96. The van der Waals surface area contributed by atoms with Crippen molar-refractivity contribution < 1.29 is 9.53 Å². The first-order valence-corrected chi connectivity index (χ1v) is 11.5. The summed E-state index contributed by atoms with van der Waals surface area (Å²) in [4.78, 5) is 21.8. The van der Waals surface area contributed by atoms with Crippen LogP contribution in [-0.4, -0.2) is 20.3 Å². The maximum atomic E-state index is 12.5. The first kappa shape index (κ1) is 20.9. The number of thiophene rings is 1. The number of nitrogens with zero attached hydrogens (tertiary/aromatic N) is 3. The summed E-state index contributed by atoms with van der Waals surface area (Å²) in [7, 11) is 0. The van der Waals surface area contributed by atoms with Crippen LogP contribution < -0.4 is 10.5 Å². The molecule has 0 unspecified atom stereocenters. The molecule has 0 saturated heterocycles. The van der Waals surface area contributed by atoms with Gasteiger partial charge in [-0.3, -0.25) is 4.79 Å².